The Morgan fingerprint density at radius 2 is 1.75 bits per heavy atom. The molecule has 2 heterocycles. The summed E-state index contributed by atoms with van der Waals surface area (Å²) >= 11 is 1.55. The van der Waals surface area contributed by atoms with Crippen molar-refractivity contribution >= 4 is 39.5 Å². The number of nitrogens with zero attached hydrogens (tertiary/aromatic N) is 6. The molecule has 2 aromatic carbocycles. The summed E-state index contributed by atoms with van der Waals surface area (Å²) in [7, 11) is -0.103. The van der Waals surface area contributed by atoms with Gasteiger partial charge in [0.1, 0.15) is 11.0 Å². The zero-order valence-corrected chi connectivity index (χ0v) is 31.8. The van der Waals surface area contributed by atoms with E-state index in [4.69, 9.17) is 5.21 Å². The third-order valence-corrected chi connectivity index (χ3v) is 11.3. The number of urea groups is 1. The van der Waals surface area contributed by atoms with Crippen molar-refractivity contribution in [3.8, 4) is 0 Å². The van der Waals surface area contributed by atoms with Gasteiger partial charge in [0.2, 0.25) is 15.9 Å². The summed E-state index contributed by atoms with van der Waals surface area (Å²) in [6, 6.07) is 13.3. The van der Waals surface area contributed by atoms with E-state index >= 15 is 0 Å². The van der Waals surface area contributed by atoms with Gasteiger partial charge in [-0.25, -0.2) is 18.2 Å². The number of hydrogen-bond acceptors (Lipinski definition) is 10. The molecular formula is C36H51N7O6S2. The number of benzene rings is 2. The summed E-state index contributed by atoms with van der Waals surface area (Å²) in [5, 5.41) is 29.5. The number of thiazole rings is 1. The van der Waals surface area contributed by atoms with Crippen LogP contribution in [0, 0.1) is 11.8 Å². The van der Waals surface area contributed by atoms with Crippen LogP contribution in [0.4, 0.5) is 4.79 Å². The lowest BCUT2D eigenvalue weighted by Crippen LogP contribution is -2.57. The van der Waals surface area contributed by atoms with Crippen molar-refractivity contribution in [1.29, 1.82) is 0 Å². The Bertz CT molecular complexity index is 1710. The second-order valence-electron chi connectivity index (χ2n) is 14.0. The third-order valence-electron chi connectivity index (χ3n) is 8.54. The fraction of sp³-hybridized carbons (Fsp3) is 0.500. The molecule has 4 rings (SSSR count). The summed E-state index contributed by atoms with van der Waals surface area (Å²) in [5.74, 6) is -0.721. The average Bonchev–Trinajstić information content (AvgIpc) is 3.66. The van der Waals surface area contributed by atoms with Crippen LogP contribution in [0.2, 0.25) is 0 Å². The molecule has 0 spiro atoms. The van der Waals surface area contributed by atoms with Crippen molar-refractivity contribution in [1.82, 2.24) is 29.3 Å². The maximum atomic E-state index is 14.2. The Balaban J connectivity index is 1.55. The minimum atomic E-state index is -4.06. The predicted octanol–water partition coefficient (Wildman–Crippen LogP) is 3.71. The van der Waals surface area contributed by atoms with Crippen molar-refractivity contribution < 1.29 is 28.3 Å². The quantitative estimate of drug-likeness (QED) is 0.101. The molecule has 15 heteroatoms. The minimum absolute atomic E-state index is 0.0256. The number of aromatic nitrogens is 1. The van der Waals surface area contributed by atoms with Crippen molar-refractivity contribution in [3.63, 3.8) is 0 Å². The Kier molecular flexibility index (Phi) is 14.1. The van der Waals surface area contributed by atoms with Gasteiger partial charge in [-0.3, -0.25) is 4.79 Å². The smallest absolute Gasteiger partial charge is 0.321 e. The van der Waals surface area contributed by atoms with Crippen LogP contribution in [0.1, 0.15) is 49.5 Å². The van der Waals surface area contributed by atoms with Crippen LogP contribution >= 0.6 is 11.3 Å². The third kappa shape index (κ3) is 10.8. The standard InChI is InChI=1S/C36H51N7O6S2/c1-25(2)20-42(51(48,49)30-14-12-28(13-15-30)19-37-47)22-32(44)31(18-27-10-8-7-9-11-27)39-35(45)34(26(3)4)43-17-16-41(36(43)46)21-29-24-50-33(38-29)23-40(5)6/h7-15,19,24-26,31-32,34,44,47H,16-18,20-23H2,1-6H3,(H,39,45)/b37-19+/t31-,32?,34+/m0/s1. The molecule has 1 saturated heterocycles. The van der Waals surface area contributed by atoms with E-state index in [1.807, 2.05) is 82.4 Å². The van der Waals surface area contributed by atoms with E-state index in [-0.39, 0.29) is 42.3 Å². The highest BCUT2D eigenvalue weighted by molar-refractivity contribution is 7.89. The number of carbonyl (C=O) groups excluding carboxylic acids is 2. The molecule has 0 radical (unpaired) electrons. The van der Waals surface area contributed by atoms with Gasteiger partial charge in [0.25, 0.3) is 0 Å². The zero-order valence-electron chi connectivity index (χ0n) is 30.2. The summed E-state index contributed by atoms with van der Waals surface area (Å²) in [5.41, 5.74) is 2.18. The van der Waals surface area contributed by atoms with Crippen LogP contribution < -0.4 is 5.32 Å². The molecule has 3 N–H and O–H groups in total. The normalized spacial score (nSPS) is 15.9. The van der Waals surface area contributed by atoms with E-state index < -0.39 is 34.1 Å². The van der Waals surface area contributed by atoms with Crippen molar-refractivity contribution in [3.05, 3.63) is 81.8 Å². The molecule has 278 valence electrons. The highest BCUT2D eigenvalue weighted by atomic mass is 32.2. The number of nitrogens with one attached hydrogen (secondary N) is 1. The highest BCUT2D eigenvalue weighted by Crippen LogP contribution is 2.23. The van der Waals surface area contributed by atoms with E-state index in [0.29, 0.717) is 31.7 Å². The summed E-state index contributed by atoms with van der Waals surface area (Å²) in [4.78, 5) is 37.9. The van der Waals surface area contributed by atoms with Crippen LogP contribution in [0.25, 0.3) is 0 Å². The molecule has 0 aliphatic carbocycles. The van der Waals surface area contributed by atoms with Gasteiger partial charge in [-0.15, -0.1) is 11.3 Å². The second kappa shape index (κ2) is 18.0. The molecule has 1 unspecified atom stereocenters. The van der Waals surface area contributed by atoms with Crippen molar-refractivity contribution in [2.24, 2.45) is 17.0 Å². The summed E-state index contributed by atoms with van der Waals surface area (Å²) in [6.07, 6.45) is 0.148. The molecule has 1 aromatic heterocycles. The minimum Gasteiger partial charge on any atom is -0.411 e. The first kappa shape index (κ1) is 39.9. The van der Waals surface area contributed by atoms with Gasteiger partial charge in [0.05, 0.1) is 35.5 Å². The van der Waals surface area contributed by atoms with E-state index in [0.717, 1.165) is 16.3 Å². The van der Waals surface area contributed by atoms with Crippen LogP contribution in [0.15, 0.2) is 70.0 Å². The topological polar surface area (TPSA) is 159 Å². The van der Waals surface area contributed by atoms with Gasteiger partial charge < -0.3 is 30.3 Å². The molecule has 1 aliphatic heterocycles. The summed E-state index contributed by atoms with van der Waals surface area (Å²) in [6.45, 7) is 9.26. The SMILES string of the molecule is CC(C)CN(CC(O)[C@H](Cc1ccccc1)NC(=O)[C@@H](C(C)C)N1CCN(Cc2csc(CN(C)C)n2)C1=O)S(=O)(=O)c1ccc(/C=N/O)cc1. The van der Waals surface area contributed by atoms with Gasteiger partial charge in [0.15, 0.2) is 0 Å². The van der Waals surface area contributed by atoms with Crippen molar-refractivity contribution in [2.75, 3.05) is 40.3 Å². The Hall–Kier alpha value is -3.89. The second-order valence-corrected chi connectivity index (χ2v) is 16.8. The maximum Gasteiger partial charge on any atom is 0.321 e. The lowest BCUT2D eigenvalue weighted by Gasteiger charge is -2.34. The van der Waals surface area contributed by atoms with Gasteiger partial charge in [-0.05, 0) is 55.6 Å². The molecule has 1 fully saturated rings. The summed E-state index contributed by atoms with van der Waals surface area (Å²) < 4.78 is 29.0. The monoisotopic (exact) mass is 741 g/mol. The maximum absolute atomic E-state index is 14.2. The first-order chi connectivity index (χ1) is 24.2. The van der Waals surface area contributed by atoms with E-state index in [9.17, 15) is 23.1 Å². The lowest BCUT2D eigenvalue weighted by atomic mass is 9.97. The van der Waals surface area contributed by atoms with E-state index in [1.165, 1.54) is 34.8 Å². The van der Waals surface area contributed by atoms with Gasteiger partial charge in [-0.1, -0.05) is 75.3 Å². The molecule has 51 heavy (non-hydrogen) atoms. The number of carbonyl (C=O) groups is 2. The molecule has 0 bridgehead atoms. The lowest BCUT2D eigenvalue weighted by molar-refractivity contribution is -0.128. The first-order valence-electron chi connectivity index (χ1n) is 17.1. The van der Waals surface area contributed by atoms with Crippen LogP contribution in [0.3, 0.4) is 0 Å². The number of rotatable bonds is 18. The highest BCUT2D eigenvalue weighted by Gasteiger charge is 2.40. The molecule has 3 amide bonds. The largest absolute Gasteiger partial charge is 0.411 e. The Labute approximate surface area is 305 Å². The van der Waals surface area contributed by atoms with Gasteiger partial charge in [0, 0.05) is 38.1 Å². The number of aliphatic hydroxyl groups is 1. The van der Waals surface area contributed by atoms with Crippen molar-refractivity contribution in [2.45, 2.75) is 70.3 Å². The Morgan fingerprint density at radius 3 is 2.35 bits per heavy atom. The number of hydrogen-bond donors (Lipinski definition) is 3. The molecule has 3 aromatic rings. The number of amides is 3. The van der Waals surface area contributed by atoms with Crippen LogP contribution in [-0.2, 0) is 34.3 Å². The molecule has 13 nitrogen and oxygen atoms in total. The molecule has 0 saturated carbocycles. The average molecular weight is 742 g/mol. The van der Waals surface area contributed by atoms with E-state index in [1.54, 1.807) is 21.1 Å². The number of aliphatic hydroxyl groups excluding tert-OH is 1. The van der Waals surface area contributed by atoms with Gasteiger partial charge in [-0.2, -0.15) is 4.31 Å². The molecule has 1 aliphatic rings. The first-order valence-corrected chi connectivity index (χ1v) is 19.4. The zero-order chi connectivity index (χ0) is 37.3. The Morgan fingerprint density at radius 1 is 1.06 bits per heavy atom. The molecular weight excluding hydrogens is 691 g/mol. The van der Waals surface area contributed by atoms with E-state index in [2.05, 4.69) is 15.5 Å². The fourth-order valence-corrected chi connectivity index (χ4v) is 8.67. The fourth-order valence-electron chi connectivity index (χ4n) is 6.15. The number of sulfonamides is 1. The number of oxime groups is 1. The van der Waals surface area contributed by atoms with Crippen LogP contribution in [-0.4, -0.2) is 119 Å². The molecule has 3 atom stereocenters. The van der Waals surface area contributed by atoms with Crippen LogP contribution in [0.5, 0.6) is 0 Å². The van der Waals surface area contributed by atoms with Gasteiger partial charge >= 0.3 is 6.03 Å². The predicted molar refractivity (Wildman–Crippen MR) is 198 cm³/mol.